The monoisotopic (exact) mass is 396 g/mol. The number of esters is 1. The Labute approximate surface area is 149 Å². The number of ether oxygens (including phenoxy) is 2. The maximum absolute atomic E-state index is 13.2. The normalized spacial score (nSPS) is 17.1. The summed E-state index contributed by atoms with van der Waals surface area (Å²) in [6, 6.07) is 2.61. The SMILES string of the molecule is CC1(Oc2cc(C(=O)OCCS(=O)(=O)O)ccc2C(F)(F)F)CCCC1. The van der Waals surface area contributed by atoms with Gasteiger partial charge in [-0.15, -0.1) is 0 Å². The molecular formula is C16H19F3O6S. The highest BCUT2D eigenvalue weighted by Crippen LogP contribution is 2.41. The minimum absolute atomic E-state index is 0.204. The first kappa shape index (κ1) is 20.5. The minimum atomic E-state index is -4.66. The Bertz CT molecular complexity index is 767. The first-order valence-corrected chi connectivity index (χ1v) is 9.53. The van der Waals surface area contributed by atoms with E-state index in [1.807, 2.05) is 0 Å². The van der Waals surface area contributed by atoms with E-state index in [4.69, 9.17) is 9.29 Å². The number of carbonyl (C=O) groups excluding carboxylic acids is 1. The first-order valence-electron chi connectivity index (χ1n) is 7.92. The Balaban J connectivity index is 2.23. The number of alkyl halides is 3. The van der Waals surface area contributed by atoms with E-state index in [1.165, 1.54) is 0 Å². The maximum Gasteiger partial charge on any atom is 0.419 e. The summed E-state index contributed by atoms with van der Waals surface area (Å²) in [5.74, 6) is -2.28. The average molecular weight is 396 g/mol. The van der Waals surface area contributed by atoms with E-state index in [0.29, 0.717) is 12.8 Å². The van der Waals surface area contributed by atoms with Gasteiger partial charge in [0, 0.05) is 0 Å². The van der Waals surface area contributed by atoms with Crippen molar-refractivity contribution in [1.82, 2.24) is 0 Å². The van der Waals surface area contributed by atoms with E-state index >= 15 is 0 Å². The summed E-state index contributed by atoms with van der Waals surface area (Å²) < 4.78 is 79.7. The number of halogens is 3. The van der Waals surface area contributed by atoms with Crippen molar-refractivity contribution in [2.75, 3.05) is 12.4 Å². The predicted molar refractivity (Wildman–Crippen MR) is 85.6 cm³/mol. The average Bonchev–Trinajstić information content (AvgIpc) is 2.90. The number of benzene rings is 1. The van der Waals surface area contributed by atoms with Crippen LogP contribution in [-0.2, 0) is 21.0 Å². The molecule has 0 aliphatic heterocycles. The fraction of sp³-hybridized carbons (Fsp3) is 0.562. The number of hydrogen-bond acceptors (Lipinski definition) is 5. The zero-order valence-electron chi connectivity index (χ0n) is 14.0. The lowest BCUT2D eigenvalue weighted by Crippen LogP contribution is -2.29. The molecule has 0 radical (unpaired) electrons. The second-order valence-electron chi connectivity index (χ2n) is 6.39. The molecule has 146 valence electrons. The third kappa shape index (κ3) is 5.60. The molecular weight excluding hydrogens is 377 g/mol. The van der Waals surface area contributed by atoms with Gasteiger partial charge in [0.05, 0.1) is 11.1 Å². The van der Waals surface area contributed by atoms with Crippen molar-refractivity contribution in [3.05, 3.63) is 29.3 Å². The van der Waals surface area contributed by atoms with Crippen LogP contribution >= 0.6 is 0 Å². The Morgan fingerprint density at radius 1 is 1.27 bits per heavy atom. The second-order valence-corrected chi connectivity index (χ2v) is 7.96. The highest BCUT2D eigenvalue weighted by molar-refractivity contribution is 7.85. The molecule has 0 saturated heterocycles. The van der Waals surface area contributed by atoms with Crippen LogP contribution in [0.2, 0.25) is 0 Å². The zero-order chi connectivity index (χ0) is 19.6. The summed E-state index contributed by atoms with van der Waals surface area (Å²) in [5.41, 5.74) is -1.95. The second kappa shape index (κ2) is 7.43. The standard InChI is InChI=1S/C16H19F3O6S/c1-15(6-2-3-7-15)25-13-10-11(4-5-12(13)16(17,18)19)14(20)24-8-9-26(21,22)23/h4-5,10H,2-3,6-9H2,1H3,(H,21,22,23). The molecule has 1 aromatic carbocycles. The van der Waals surface area contributed by atoms with Crippen LogP contribution in [0.3, 0.4) is 0 Å². The molecule has 0 aromatic heterocycles. The molecule has 0 atom stereocenters. The van der Waals surface area contributed by atoms with Crippen LogP contribution in [0.4, 0.5) is 13.2 Å². The number of hydrogen-bond donors (Lipinski definition) is 1. The van der Waals surface area contributed by atoms with Crippen LogP contribution in [0.25, 0.3) is 0 Å². The Morgan fingerprint density at radius 2 is 1.88 bits per heavy atom. The predicted octanol–water partition coefficient (Wildman–Crippen LogP) is 3.46. The molecule has 1 aliphatic carbocycles. The minimum Gasteiger partial charge on any atom is -0.487 e. The van der Waals surface area contributed by atoms with Gasteiger partial charge in [-0.25, -0.2) is 4.79 Å². The van der Waals surface area contributed by atoms with Crippen LogP contribution in [0, 0.1) is 0 Å². The maximum atomic E-state index is 13.2. The van der Waals surface area contributed by atoms with Gasteiger partial charge in [0.15, 0.2) is 0 Å². The molecule has 0 amide bonds. The molecule has 1 aliphatic rings. The molecule has 1 fully saturated rings. The van der Waals surface area contributed by atoms with Crippen molar-refractivity contribution in [1.29, 1.82) is 0 Å². The van der Waals surface area contributed by atoms with Gasteiger partial charge in [-0.05, 0) is 50.8 Å². The first-order chi connectivity index (χ1) is 11.9. The van der Waals surface area contributed by atoms with Gasteiger partial charge in [-0.1, -0.05) is 0 Å². The molecule has 0 heterocycles. The van der Waals surface area contributed by atoms with Crippen molar-refractivity contribution >= 4 is 16.1 Å². The van der Waals surface area contributed by atoms with E-state index in [0.717, 1.165) is 31.0 Å². The van der Waals surface area contributed by atoms with E-state index in [-0.39, 0.29) is 5.56 Å². The largest absolute Gasteiger partial charge is 0.487 e. The van der Waals surface area contributed by atoms with E-state index in [9.17, 15) is 26.4 Å². The van der Waals surface area contributed by atoms with Crippen molar-refractivity contribution in [2.45, 2.75) is 44.4 Å². The van der Waals surface area contributed by atoms with Crippen molar-refractivity contribution < 1.29 is 40.4 Å². The smallest absolute Gasteiger partial charge is 0.419 e. The van der Waals surface area contributed by atoms with Crippen LogP contribution in [-0.4, -0.2) is 36.9 Å². The molecule has 1 aromatic rings. The number of rotatable bonds is 6. The van der Waals surface area contributed by atoms with Gasteiger partial charge < -0.3 is 9.47 Å². The lowest BCUT2D eigenvalue weighted by atomic mass is 10.0. The highest BCUT2D eigenvalue weighted by atomic mass is 32.2. The van der Waals surface area contributed by atoms with Crippen molar-refractivity contribution in [3.8, 4) is 5.75 Å². The molecule has 6 nitrogen and oxygen atoms in total. The van der Waals surface area contributed by atoms with Crippen LogP contribution in [0.1, 0.15) is 48.5 Å². The molecule has 1 N–H and O–H groups in total. The fourth-order valence-electron chi connectivity index (χ4n) is 2.78. The van der Waals surface area contributed by atoms with Gasteiger partial charge in [-0.3, -0.25) is 4.55 Å². The zero-order valence-corrected chi connectivity index (χ0v) is 14.8. The highest BCUT2D eigenvalue weighted by Gasteiger charge is 2.38. The summed E-state index contributed by atoms with van der Waals surface area (Å²) in [5, 5.41) is 0. The molecule has 0 unspecified atom stereocenters. The van der Waals surface area contributed by atoms with Gasteiger partial charge >= 0.3 is 12.1 Å². The van der Waals surface area contributed by atoms with Gasteiger partial charge in [0.25, 0.3) is 10.1 Å². The van der Waals surface area contributed by atoms with Gasteiger partial charge in [0.2, 0.25) is 0 Å². The molecule has 2 rings (SSSR count). The molecule has 1 saturated carbocycles. The molecule has 0 spiro atoms. The van der Waals surface area contributed by atoms with Crippen LogP contribution in [0.15, 0.2) is 18.2 Å². The van der Waals surface area contributed by atoms with Crippen LogP contribution < -0.4 is 4.74 Å². The molecule has 10 heteroatoms. The third-order valence-corrected chi connectivity index (χ3v) is 4.80. The Morgan fingerprint density at radius 3 is 2.42 bits per heavy atom. The number of carbonyl (C=O) groups is 1. The summed E-state index contributed by atoms with van der Waals surface area (Å²) in [6.07, 6.45) is -1.76. The topological polar surface area (TPSA) is 89.9 Å². The summed E-state index contributed by atoms with van der Waals surface area (Å²) in [7, 11) is -4.31. The molecule has 26 heavy (non-hydrogen) atoms. The quantitative estimate of drug-likeness (QED) is 0.585. The third-order valence-electron chi connectivity index (χ3n) is 4.11. The van der Waals surface area contributed by atoms with E-state index < -0.39 is 51.5 Å². The summed E-state index contributed by atoms with van der Waals surface area (Å²) in [6.45, 7) is 1.10. The Hall–Kier alpha value is -1.81. The Kier molecular flexibility index (Phi) is 5.86. The summed E-state index contributed by atoms with van der Waals surface area (Å²) in [4.78, 5) is 11.9. The van der Waals surface area contributed by atoms with Gasteiger partial charge in [-0.2, -0.15) is 21.6 Å². The van der Waals surface area contributed by atoms with E-state index in [1.54, 1.807) is 6.92 Å². The van der Waals surface area contributed by atoms with Crippen molar-refractivity contribution in [2.24, 2.45) is 0 Å². The lowest BCUT2D eigenvalue weighted by molar-refractivity contribution is -0.139. The van der Waals surface area contributed by atoms with E-state index in [2.05, 4.69) is 4.74 Å². The van der Waals surface area contributed by atoms with Gasteiger partial charge in [0.1, 0.15) is 23.7 Å². The summed E-state index contributed by atoms with van der Waals surface area (Å²) >= 11 is 0. The lowest BCUT2D eigenvalue weighted by Gasteiger charge is -2.27. The fourth-order valence-corrected chi connectivity index (χ4v) is 3.08. The van der Waals surface area contributed by atoms with Crippen LogP contribution in [0.5, 0.6) is 5.75 Å². The van der Waals surface area contributed by atoms with Crippen molar-refractivity contribution in [3.63, 3.8) is 0 Å². The molecule has 0 bridgehead atoms.